The first-order valence-corrected chi connectivity index (χ1v) is 14.1. The van der Waals surface area contributed by atoms with E-state index in [9.17, 15) is 0 Å². The lowest BCUT2D eigenvalue weighted by Crippen LogP contribution is -2.06. The van der Waals surface area contributed by atoms with Crippen molar-refractivity contribution in [3.8, 4) is 45.5 Å². The summed E-state index contributed by atoms with van der Waals surface area (Å²) in [4.78, 5) is 10.1. The number of imidazole rings is 2. The molecule has 2 aromatic heterocycles. The normalized spacial score (nSPS) is 11.3. The van der Waals surface area contributed by atoms with E-state index in [0.29, 0.717) is 0 Å². The van der Waals surface area contributed by atoms with Crippen molar-refractivity contribution in [3.05, 3.63) is 158 Å². The lowest BCUT2D eigenvalue weighted by molar-refractivity contribution is 0.994. The smallest absolute Gasteiger partial charge is 0.181 e. The molecule has 0 saturated heterocycles. The van der Waals surface area contributed by atoms with E-state index in [0.717, 1.165) is 45.5 Å². The van der Waals surface area contributed by atoms with Crippen LogP contribution in [0.5, 0.6) is 0 Å². The standard InChI is InChI=1S/C38H26N4/c1-3-15-33(16-4-1)41-35(31-21-19-27-11-7-9-13-29(27)23-31)25-39-37(41)38-40-26-36(42(38)34-17-5-2-6-18-34)32-22-20-28-12-8-10-14-30(28)24-32/h1-26H. The monoisotopic (exact) mass is 538 g/mol. The van der Waals surface area contributed by atoms with Crippen molar-refractivity contribution in [2.75, 3.05) is 0 Å². The van der Waals surface area contributed by atoms with Crippen molar-refractivity contribution in [2.45, 2.75) is 0 Å². The molecule has 42 heavy (non-hydrogen) atoms. The lowest BCUT2D eigenvalue weighted by Gasteiger charge is -2.16. The van der Waals surface area contributed by atoms with Crippen molar-refractivity contribution < 1.29 is 0 Å². The number of rotatable bonds is 5. The maximum absolute atomic E-state index is 5.04. The zero-order chi connectivity index (χ0) is 27.9. The third-order valence-corrected chi connectivity index (χ3v) is 7.84. The number of hydrogen-bond donors (Lipinski definition) is 0. The molecule has 0 aliphatic rings. The van der Waals surface area contributed by atoms with Gasteiger partial charge in [-0.3, -0.25) is 9.13 Å². The summed E-state index contributed by atoms with van der Waals surface area (Å²) < 4.78 is 4.44. The summed E-state index contributed by atoms with van der Waals surface area (Å²) in [5, 5.41) is 4.82. The molecule has 0 aliphatic carbocycles. The Hall–Kier alpha value is -5.74. The molecule has 0 fully saturated rings. The second-order valence-electron chi connectivity index (χ2n) is 10.4. The van der Waals surface area contributed by atoms with E-state index in [-0.39, 0.29) is 0 Å². The summed E-state index contributed by atoms with van der Waals surface area (Å²) in [6, 6.07) is 50.9. The maximum Gasteiger partial charge on any atom is 0.181 e. The Kier molecular flexibility index (Phi) is 5.75. The van der Waals surface area contributed by atoms with Crippen molar-refractivity contribution >= 4 is 21.5 Å². The van der Waals surface area contributed by atoms with Crippen LogP contribution < -0.4 is 0 Å². The topological polar surface area (TPSA) is 35.6 Å². The fourth-order valence-corrected chi connectivity index (χ4v) is 5.80. The second-order valence-corrected chi connectivity index (χ2v) is 10.4. The van der Waals surface area contributed by atoms with E-state index < -0.39 is 0 Å². The van der Waals surface area contributed by atoms with Crippen molar-refractivity contribution in [1.82, 2.24) is 19.1 Å². The average molecular weight is 539 g/mol. The van der Waals surface area contributed by atoms with E-state index in [1.165, 1.54) is 21.5 Å². The summed E-state index contributed by atoms with van der Waals surface area (Å²) in [5.41, 5.74) is 6.28. The molecule has 2 heterocycles. The molecule has 6 aromatic carbocycles. The Bertz CT molecular complexity index is 2030. The van der Waals surface area contributed by atoms with Gasteiger partial charge in [-0.05, 0) is 57.9 Å². The van der Waals surface area contributed by atoms with E-state index in [4.69, 9.17) is 9.97 Å². The summed E-state index contributed by atoms with van der Waals surface area (Å²) in [5.74, 6) is 1.56. The molecule has 8 rings (SSSR count). The van der Waals surface area contributed by atoms with Gasteiger partial charge in [0.15, 0.2) is 11.6 Å². The molecule has 0 amide bonds. The van der Waals surface area contributed by atoms with Crippen LogP contribution in [0, 0.1) is 0 Å². The molecule has 4 nitrogen and oxygen atoms in total. The average Bonchev–Trinajstić information content (AvgIpc) is 3.70. The minimum Gasteiger partial charge on any atom is -0.290 e. The van der Waals surface area contributed by atoms with Crippen LogP contribution in [0.4, 0.5) is 0 Å². The van der Waals surface area contributed by atoms with Crippen LogP contribution in [0.25, 0.3) is 67.1 Å². The Balaban J connectivity index is 1.38. The highest BCUT2D eigenvalue weighted by atomic mass is 15.2. The third kappa shape index (κ3) is 4.09. The Morgan fingerprint density at radius 3 is 1.17 bits per heavy atom. The fourth-order valence-electron chi connectivity index (χ4n) is 5.80. The second kappa shape index (κ2) is 10.0. The summed E-state index contributed by atoms with van der Waals surface area (Å²) in [7, 11) is 0. The van der Waals surface area contributed by atoms with Gasteiger partial charge >= 0.3 is 0 Å². The quantitative estimate of drug-likeness (QED) is 0.219. The fraction of sp³-hybridized carbons (Fsp3) is 0. The largest absolute Gasteiger partial charge is 0.290 e. The molecule has 0 spiro atoms. The van der Waals surface area contributed by atoms with E-state index >= 15 is 0 Å². The maximum atomic E-state index is 5.04. The predicted octanol–water partition coefficient (Wildman–Crippen LogP) is 9.37. The minimum absolute atomic E-state index is 0.778. The Morgan fingerprint density at radius 1 is 0.357 bits per heavy atom. The van der Waals surface area contributed by atoms with Gasteiger partial charge in [0.1, 0.15) is 0 Å². The molecule has 0 N–H and O–H groups in total. The Morgan fingerprint density at radius 2 is 0.738 bits per heavy atom. The highest BCUT2D eigenvalue weighted by molar-refractivity contribution is 5.88. The number of hydrogen-bond acceptors (Lipinski definition) is 2. The molecule has 0 bridgehead atoms. The van der Waals surface area contributed by atoms with Crippen molar-refractivity contribution in [2.24, 2.45) is 0 Å². The van der Waals surface area contributed by atoms with Gasteiger partial charge in [-0.15, -0.1) is 0 Å². The molecule has 0 aliphatic heterocycles. The van der Waals surface area contributed by atoms with Gasteiger partial charge in [0.2, 0.25) is 0 Å². The van der Waals surface area contributed by atoms with Crippen LogP contribution in [-0.2, 0) is 0 Å². The molecule has 0 atom stereocenters. The van der Waals surface area contributed by atoms with E-state index in [1.807, 2.05) is 24.5 Å². The summed E-state index contributed by atoms with van der Waals surface area (Å²) in [6.07, 6.45) is 3.93. The molecule has 0 radical (unpaired) electrons. The highest BCUT2D eigenvalue weighted by Crippen LogP contribution is 2.35. The lowest BCUT2D eigenvalue weighted by atomic mass is 10.1. The van der Waals surface area contributed by atoms with Gasteiger partial charge in [0.25, 0.3) is 0 Å². The summed E-state index contributed by atoms with van der Waals surface area (Å²) in [6.45, 7) is 0. The van der Waals surface area contributed by atoms with Gasteiger partial charge in [0, 0.05) is 22.5 Å². The molecule has 8 aromatic rings. The van der Waals surface area contributed by atoms with Gasteiger partial charge in [-0.2, -0.15) is 0 Å². The number of aromatic nitrogens is 4. The van der Waals surface area contributed by atoms with Crippen molar-refractivity contribution in [1.29, 1.82) is 0 Å². The number of nitrogens with zero attached hydrogens (tertiary/aromatic N) is 4. The van der Waals surface area contributed by atoms with Crippen LogP contribution in [0.2, 0.25) is 0 Å². The van der Waals surface area contributed by atoms with E-state index in [1.54, 1.807) is 0 Å². The summed E-state index contributed by atoms with van der Waals surface area (Å²) >= 11 is 0. The van der Waals surface area contributed by atoms with Gasteiger partial charge in [-0.1, -0.05) is 109 Å². The molecule has 0 unspecified atom stereocenters. The van der Waals surface area contributed by atoms with Crippen LogP contribution in [-0.4, -0.2) is 19.1 Å². The molecular weight excluding hydrogens is 512 g/mol. The van der Waals surface area contributed by atoms with E-state index in [2.05, 4.69) is 143 Å². The molecule has 0 saturated carbocycles. The number of fused-ring (bicyclic) bond motifs is 2. The molecule has 198 valence electrons. The number of para-hydroxylation sites is 2. The zero-order valence-electron chi connectivity index (χ0n) is 22.8. The number of benzene rings is 6. The molecule has 4 heteroatoms. The third-order valence-electron chi connectivity index (χ3n) is 7.84. The van der Waals surface area contributed by atoms with Crippen molar-refractivity contribution in [3.63, 3.8) is 0 Å². The van der Waals surface area contributed by atoms with Crippen LogP contribution >= 0.6 is 0 Å². The van der Waals surface area contributed by atoms with Gasteiger partial charge < -0.3 is 0 Å². The SMILES string of the molecule is c1ccc(-n2c(-c3ccc4ccccc4c3)cnc2-c2ncc(-c3ccc4ccccc4c3)n2-c2ccccc2)cc1. The van der Waals surface area contributed by atoms with Crippen LogP contribution in [0.1, 0.15) is 0 Å². The zero-order valence-corrected chi connectivity index (χ0v) is 22.8. The molecular formula is C38H26N4. The van der Waals surface area contributed by atoms with Gasteiger partial charge in [0.05, 0.1) is 23.8 Å². The Labute approximate surface area is 243 Å². The first-order valence-electron chi connectivity index (χ1n) is 14.1. The first-order chi connectivity index (χ1) is 20.8. The first kappa shape index (κ1) is 24.1. The van der Waals surface area contributed by atoms with Gasteiger partial charge in [-0.25, -0.2) is 9.97 Å². The highest BCUT2D eigenvalue weighted by Gasteiger charge is 2.23. The van der Waals surface area contributed by atoms with Crippen LogP contribution in [0.15, 0.2) is 158 Å². The van der Waals surface area contributed by atoms with Crippen LogP contribution in [0.3, 0.4) is 0 Å². The minimum atomic E-state index is 0.778. The predicted molar refractivity (Wildman–Crippen MR) is 172 cm³/mol.